The van der Waals surface area contributed by atoms with Crippen LogP contribution >= 0.6 is 0 Å². The number of benzene rings is 2. The van der Waals surface area contributed by atoms with Crippen molar-refractivity contribution in [3.63, 3.8) is 0 Å². The van der Waals surface area contributed by atoms with Crippen LogP contribution in [-0.2, 0) is 24.1 Å². The SMILES string of the molecule is CC(C)CC1(C)N=C(N)N(Cc2ccc(CNC(=O)Nc3ccccc3C(F)(F)F)cc2)C1=O. The van der Waals surface area contributed by atoms with E-state index in [1.165, 1.54) is 23.1 Å². The molecule has 0 saturated heterocycles. The molecule has 1 aliphatic heterocycles. The van der Waals surface area contributed by atoms with Crippen molar-refractivity contribution in [3.05, 3.63) is 65.2 Å². The maximum absolute atomic E-state index is 13.1. The third-order valence-electron chi connectivity index (χ3n) is 5.45. The lowest BCUT2D eigenvalue weighted by atomic mass is 9.91. The topological polar surface area (TPSA) is 99.8 Å². The van der Waals surface area contributed by atoms with Gasteiger partial charge in [-0.1, -0.05) is 50.2 Å². The predicted molar refractivity (Wildman–Crippen MR) is 124 cm³/mol. The van der Waals surface area contributed by atoms with E-state index in [2.05, 4.69) is 15.6 Å². The van der Waals surface area contributed by atoms with E-state index in [9.17, 15) is 22.8 Å². The first-order valence-corrected chi connectivity index (χ1v) is 10.9. The highest BCUT2D eigenvalue weighted by molar-refractivity contribution is 6.06. The number of carbonyl (C=O) groups excluding carboxylic acids is 2. The molecule has 1 atom stereocenters. The first kappa shape index (κ1) is 25.1. The minimum absolute atomic E-state index is 0.110. The molecule has 0 aliphatic carbocycles. The molecule has 3 amide bonds. The van der Waals surface area contributed by atoms with Gasteiger partial charge in [-0.3, -0.25) is 9.69 Å². The lowest BCUT2D eigenvalue weighted by Gasteiger charge is -2.23. The standard InChI is InChI=1S/C24H28F3N5O2/c1-15(2)12-23(3)20(33)32(21(28)31-23)14-17-10-8-16(9-11-17)13-29-22(34)30-19-7-5-4-6-18(19)24(25,26)27/h4-11,15H,12-14H2,1-3H3,(H2,28,31)(H2,29,30,34). The fraction of sp³-hybridized carbons (Fsp3) is 0.375. The number of hydrogen-bond donors (Lipinski definition) is 3. The number of anilines is 1. The van der Waals surface area contributed by atoms with Crippen molar-refractivity contribution in [3.8, 4) is 0 Å². The Bertz CT molecular complexity index is 1080. The van der Waals surface area contributed by atoms with Crippen molar-refractivity contribution in [2.75, 3.05) is 5.32 Å². The molecule has 182 valence electrons. The van der Waals surface area contributed by atoms with E-state index < -0.39 is 23.3 Å². The van der Waals surface area contributed by atoms with Gasteiger partial charge in [-0.25, -0.2) is 9.79 Å². The summed E-state index contributed by atoms with van der Waals surface area (Å²) in [5.41, 5.74) is 5.48. The number of carbonyl (C=O) groups is 2. The van der Waals surface area contributed by atoms with Crippen LogP contribution in [0.2, 0.25) is 0 Å². The van der Waals surface area contributed by atoms with Crippen molar-refractivity contribution in [2.45, 2.75) is 52.0 Å². The molecule has 0 fully saturated rings. The lowest BCUT2D eigenvalue weighted by Crippen LogP contribution is -2.43. The zero-order chi connectivity index (χ0) is 25.1. The van der Waals surface area contributed by atoms with Crippen LogP contribution in [0.1, 0.15) is 43.9 Å². The van der Waals surface area contributed by atoms with Crippen LogP contribution in [0, 0.1) is 5.92 Å². The van der Waals surface area contributed by atoms with Gasteiger partial charge in [-0.15, -0.1) is 0 Å². The summed E-state index contributed by atoms with van der Waals surface area (Å²) in [6.45, 7) is 6.21. The molecule has 1 aliphatic rings. The van der Waals surface area contributed by atoms with Gasteiger partial charge in [0.05, 0.1) is 17.8 Å². The van der Waals surface area contributed by atoms with Crippen molar-refractivity contribution in [1.82, 2.24) is 10.2 Å². The van der Waals surface area contributed by atoms with E-state index in [-0.39, 0.29) is 36.6 Å². The smallest absolute Gasteiger partial charge is 0.369 e. The monoisotopic (exact) mass is 475 g/mol. The molecule has 2 aromatic rings. The summed E-state index contributed by atoms with van der Waals surface area (Å²) in [4.78, 5) is 30.8. The van der Waals surface area contributed by atoms with Gasteiger partial charge in [-0.05, 0) is 42.5 Å². The first-order valence-electron chi connectivity index (χ1n) is 10.9. The summed E-state index contributed by atoms with van der Waals surface area (Å²) >= 11 is 0. The number of aliphatic imine (C=N–C) groups is 1. The lowest BCUT2D eigenvalue weighted by molar-refractivity contribution is -0.137. The maximum atomic E-state index is 13.1. The van der Waals surface area contributed by atoms with Gasteiger partial charge in [0, 0.05) is 6.54 Å². The number of alkyl halides is 3. The zero-order valence-corrected chi connectivity index (χ0v) is 19.2. The molecule has 1 heterocycles. The number of halogens is 3. The minimum atomic E-state index is -4.57. The summed E-state index contributed by atoms with van der Waals surface area (Å²) in [5.74, 6) is 0.339. The van der Waals surface area contributed by atoms with Crippen LogP contribution < -0.4 is 16.4 Å². The average molecular weight is 476 g/mol. The Morgan fingerprint density at radius 1 is 1.12 bits per heavy atom. The zero-order valence-electron chi connectivity index (χ0n) is 19.2. The number of nitrogens with zero attached hydrogens (tertiary/aromatic N) is 2. The van der Waals surface area contributed by atoms with Gasteiger partial charge < -0.3 is 16.4 Å². The molecule has 4 N–H and O–H groups in total. The predicted octanol–water partition coefficient (Wildman–Crippen LogP) is 4.49. The first-order chi connectivity index (χ1) is 15.9. The summed E-state index contributed by atoms with van der Waals surface area (Å²) in [6, 6.07) is 11.1. The van der Waals surface area contributed by atoms with E-state index in [0.29, 0.717) is 6.42 Å². The number of urea groups is 1. The maximum Gasteiger partial charge on any atom is 0.418 e. The number of amides is 3. The fourth-order valence-electron chi connectivity index (χ4n) is 3.97. The second-order valence-electron chi connectivity index (χ2n) is 8.90. The van der Waals surface area contributed by atoms with Crippen LogP contribution in [0.5, 0.6) is 0 Å². The number of hydrogen-bond acceptors (Lipinski definition) is 4. The molecule has 0 spiro atoms. The number of para-hydroxylation sites is 1. The highest BCUT2D eigenvalue weighted by Crippen LogP contribution is 2.34. The molecule has 10 heteroatoms. The quantitative estimate of drug-likeness (QED) is 0.550. The van der Waals surface area contributed by atoms with Gasteiger partial charge in [-0.2, -0.15) is 13.2 Å². The van der Waals surface area contributed by atoms with Crippen LogP contribution in [-0.4, -0.2) is 28.3 Å². The number of nitrogens with two attached hydrogens (primary N) is 1. The molecular formula is C24H28F3N5O2. The highest BCUT2D eigenvalue weighted by Gasteiger charge is 2.44. The molecule has 0 bridgehead atoms. The van der Waals surface area contributed by atoms with Gasteiger partial charge in [0.15, 0.2) is 5.96 Å². The second kappa shape index (κ2) is 9.74. The van der Waals surface area contributed by atoms with E-state index in [1.807, 2.05) is 13.8 Å². The highest BCUT2D eigenvalue weighted by atomic mass is 19.4. The summed E-state index contributed by atoms with van der Waals surface area (Å²) in [6.07, 6.45) is -3.97. The fourth-order valence-corrected chi connectivity index (χ4v) is 3.97. The van der Waals surface area contributed by atoms with Crippen LogP contribution in [0.15, 0.2) is 53.5 Å². The molecule has 34 heavy (non-hydrogen) atoms. The summed E-state index contributed by atoms with van der Waals surface area (Å²) in [5, 5.41) is 4.78. The summed E-state index contributed by atoms with van der Waals surface area (Å²) in [7, 11) is 0. The summed E-state index contributed by atoms with van der Waals surface area (Å²) < 4.78 is 39.2. The molecule has 0 radical (unpaired) electrons. The molecule has 7 nitrogen and oxygen atoms in total. The number of guanidine groups is 1. The molecule has 3 rings (SSSR count). The van der Waals surface area contributed by atoms with Gasteiger partial charge in [0.1, 0.15) is 5.54 Å². The molecule has 2 aromatic carbocycles. The Hall–Kier alpha value is -3.56. The largest absolute Gasteiger partial charge is 0.418 e. The van der Waals surface area contributed by atoms with Gasteiger partial charge in [0.2, 0.25) is 0 Å². The molecule has 0 saturated carbocycles. The van der Waals surface area contributed by atoms with Crippen molar-refractivity contribution < 1.29 is 22.8 Å². The third-order valence-corrected chi connectivity index (χ3v) is 5.45. The van der Waals surface area contributed by atoms with Gasteiger partial charge in [0.25, 0.3) is 5.91 Å². The van der Waals surface area contributed by atoms with Crippen molar-refractivity contribution in [1.29, 1.82) is 0 Å². The van der Waals surface area contributed by atoms with E-state index in [0.717, 1.165) is 17.2 Å². The van der Waals surface area contributed by atoms with Crippen LogP contribution in [0.3, 0.4) is 0 Å². The normalized spacial score (nSPS) is 18.3. The molecule has 1 unspecified atom stereocenters. The number of nitrogens with one attached hydrogen (secondary N) is 2. The third kappa shape index (κ3) is 5.86. The molecule has 0 aromatic heterocycles. The second-order valence-corrected chi connectivity index (χ2v) is 8.90. The van der Waals surface area contributed by atoms with Crippen molar-refractivity contribution >= 4 is 23.6 Å². The van der Waals surface area contributed by atoms with E-state index >= 15 is 0 Å². The van der Waals surface area contributed by atoms with Crippen LogP contribution in [0.4, 0.5) is 23.7 Å². The minimum Gasteiger partial charge on any atom is -0.369 e. The van der Waals surface area contributed by atoms with E-state index in [4.69, 9.17) is 5.73 Å². The Morgan fingerprint density at radius 3 is 2.35 bits per heavy atom. The number of rotatable bonds is 7. The Morgan fingerprint density at radius 2 is 1.74 bits per heavy atom. The van der Waals surface area contributed by atoms with Crippen molar-refractivity contribution in [2.24, 2.45) is 16.6 Å². The van der Waals surface area contributed by atoms with Crippen LogP contribution in [0.25, 0.3) is 0 Å². The Labute approximate surface area is 196 Å². The van der Waals surface area contributed by atoms with Gasteiger partial charge >= 0.3 is 12.2 Å². The Balaban J connectivity index is 1.57. The molecular weight excluding hydrogens is 447 g/mol. The Kier molecular flexibility index (Phi) is 7.18. The van der Waals surface area contributed by atoms with E-state index in [1.54, 1.807) is 31.2 Å². The average Bonchev–Trinajstić information content (AvgIpc) is 2.95.